The van der Waals surface area contributed by atoms with Crippen LogP contribution in [0.5, 0.6) is 11.5 Å². The molecule has 2 aromatic carbocycles. The molecule has 4 heteroatoms. The van der Waals surface area contributed by atoms with Crippen molar-refractivity contribution in [3.05, 3.63) is 69.6 Å². The van der Waals surface area contributed by atoms with Gasteiger partial charge in [-0.25, -0.2) is 4.79 Å². The number of unbranched alkanes of at least 4 members (excludes halogenated alkanes) is 1. The van der Waals surface area contributed by atoms with Crippen LogP contribution < -0.4 is 15.1 Å². The number of benzene rings is 2. The van der Waals surface area contributed by atoms with Gasteiger partial charge < -0.3 is 13.9 Å². The van der Waals surface area contributed by atoms with Crippen LogP contribution >= 0.6 is 0 Å². The first kappa shape index (κ1) is 18.1. The van der Waals surface area contributed by atoms with Gasteiger partial charge in [-0.2, -0.15) is 0 Å². The lowest BCUT2D eigenvalue weighted by Crippen LogP contribution is -2.04. The molecule has 136 valence electrons. The average molecular weight is 352 g/mol. The largest absolute Gasteiger partial charge is 0.496 e. The molecule has 0 aliphatic heterocycles. The van der Waals surface area contributed by atoms with Crippen LogP contribution in [0, 0.1) is 6.92 Å². The third kappa shape index (κ3) is 3.74. The molecule has 0 aliphatic rings. The summed E-state index contributed by atoms with van der Waals surface area (Å²) in [5.74, 6) is 1.50. The number of para-hydroxylation sites is 1. The first-order valence-electron chi connectivity index (χ1n) is 8.95. The quantitative estimate of drug-likeness (QED) is 0.560. The second kappa shape index (κ2) is 8.09. The fraction of sp³-hybridized carbons (Fsp3) is 0.318. The highest BCUT2D eigenvalue weighted by molar-refractivity contribution is 5.85. The molecule has 0 spiro atoms. The van der Waals surface area contributed by atoms with Gasteiger partial charge in [0.15, 0.2) is 0 Å². The van der Waals surface area contributed by atoms with E-state index in [1.54, 1.807) is 13.2 Å². The highest BCUT2D eigenvalue weighted by atomic mass is 16.5. The summed E-state index contributed by atoms with van der Waals surface area (Å²) in [6.07, 6.45) is 3.00. The Balaban J connectivity index is 1.93. The molecule has 0 N–H and O–H groups in total. The molecule has 26 heavy (non-hydrogen) atoms. The van der Waals surface area contributed by atoms with E-state index in [-0.39, 0.29) is 5.63 Å². The van der Waals surface area contributed by atoms with E-state index in [9.17, 15) is 4.79 Å². The number of aryl methyl sites for hydroxylation is 2. The van der Waals surface area contributed by atoms with Crippen LogP contribution in [0.1, 0.15) is 36.5 Å². The second-order valence-electron chi connectivity index (χ2n) is 6.36. The van der Waals surface area contributed by atoms with E-state index in [2.05, 4.69) is 6.92 Å². The van der Waals surface area contributed by atoms with Crippen LogP contribution in [0.3, 0.4) is 0 Å². The van der Waals surface area contributed by atoms with Gasteiger partial charge in [0.25, 0.3) is 0 Å². The van der Waals surface area contributed by atoms with Gasteiger partial charge in [0.2, 0.25) is 0 Å². The van der Waals surface area contributed by atoms with E-state index in [0.717, 1.165) is 47.1 Å². The molecule has 0 radical (unpaired) electrons. The maximum Gasteiger partial charge on any atom is 0.336 e. The van der Waals surface area contributed by atoms with Gasteiger partial charge in [-0.3, -0.25) is 0 Å². The lowest BCUT2D eigenvalue weighted by atomic mass is 10.0. The Kier molecular flexibility index (Phi) is 5.61. The molecular formula is C22H24O4. The fourth-order valence-electron chi connectivity index (χ4n) is 3.12. The number of ether oxygens (including phenoxy) is 2. The lowest BCUT2D eigenvalue weighted by molar-refractivity contribution is 0.294. The topological polar surface area (TPSA) is 48.7 Å². The maximum atomic E-state index is 12.0. The maximum absolute atomic E-state index is 12.0. The summed E-state index contributed by atoms with van der Waals surface area (Å²) in [6, 6.07) is 13.3. The van der Waals surface area contributed by atoms with E-state index < -0.39 is 0 Å². The third-order valence-electron chi connectivity index (χ3n) is 4.57. The number of rotatable bonds is 7. The Bertz CT molecular complexity index is 956. The van der Waals surface area contributed by atoms with Crippen LogP contribution in [0.4, 0.5) is 0 Å². The van der Waals surface area contributed by atoms with Gasteiger partial charge in [0.05, 0.1) is 7.11 Å². The van der Waals surface area contributed by atoms with E-state index in [4.69, 9.17) is 13.9 Å². The van der Waals surface area contributed by atoms with Crippen molar-refractivity contribution in [3.8, 4) is 11.5 Å². The van der Waals surface area contributed by atoms with E-state index in [1.807, 2.05) is 43.3 Å². The van der Waals surface area contributed by atoms with Crippen LogP contribution in [-0.2, 0) is 13.0 Å². The molecule has 1 heterocycles. The molecule has 3 rings (SSSR count). The summed E-state index contributed by atoms with van der Waals surface area (Å²) >= 11 is 0. The molecule has 0 aliphatic carbocycles. The Hall–Kier alpha value is -2.75. The standard InChI is InChI=1S/C22H24O4/c1-4-5-8-16-13-21(23)26-22-15(2)19(12-11-18(16)22)25-14-17-9-6-7-10-20(17)24-3/h6-7,9-13H,4-5,8,14H2,1-3H3. The van der Waals surface area contributed by atoms with Gasteiger partial charge in [-0.15, -0.1) is 0 Å². The van der Waals surface area contributed by atoms with Crippen LogP contribution in [0.25, 0.3) is 11.0 Å². The Labute approximate surface area is 153 Å². The normalized spacial score (nSPS) is 10.9. The first-order valence-corrected chi connectivity index (χ1v) is 8.95. The molecule has 1 aromatic heterocycles. The molecule has 0 amide bonds. The summed E-state index contributed by atoms with van der Waals surface area (Å²) in [5.41, 5.74) is 3.15. The van der Waals surface area contributed by atoms with Crippen molar-refractivity contribution in [2.75, 3.05) is 7.11 Å². The average Bonchev–Trinajstić information content (AvgIpc) is 2.66. The van der Waals surface area contributed by atoms with E-state index in [1.165, 1.54) is 0 Å². The van der Waals surface area contributed by atoms with E-state index >= 15 is 0 Å². The zero-order chi connectivity index (χ0) is 18.5. The molecule has 0 atom stereocenters. The van der Waals surface area contributed by atoms with Crippen LogP contribution in [0.2, 0.25) is 0 Å². The minimum Gasteiger partial charge on any atom is -0.496 e. The molecule has 0 saturated heterocycles. The zero-order valence-electron chi connectivity index (χ0n) is 15.5. The molecular weight excluding hydrogens is 328 g/mol. The van der Waals surface area contributed by atoms with Crippen molar-refractivity contribution in [2.24, 2.45) is 0 Å². The molecule has 0 saturated carbocycles. The van der Waals surface area contributed by atoms with Crippen molar-refractivity contribution in [2.45, 2.75) is 39.7 Å². The monoisotopic (exact) mass is 352 g/mol. The highest BCUT2D eigenvalue weighted by Gasteiger charge is 2.12. The van der Waals surface area contributed by atoms with Crippen molar-refractivity contribution >= 4 is 11.0 Å². The minimum absolute atomic E-state index is 0.311. The SMILES string of the molecule is CCCCc1cc(=O)oc2c(C)c(OCc3ccccc3OC)ccc12. The predicted octanol–water partition coefficient (Wildman–Crippen LogP) is 5.03. The molecule has 0 fully saturated rings. The molecule has 0 unspecified atom stereocenters. The third-order valence-corrected chi connectivity index (χ3v) is 4.57. The fourth-order valence-corrected chi connectivity index (χ4v) is 3.12. The van der Waals surface area contributed by atoms with Crippen molar-refractivity contribution in [1.82, 2.24) is 0 Å². The van der Waals surface area contributed by atoms with Crippen molar-refractivity contribution in [1.29, 1.82) is 0 Å². The Morgan fingerprint density at radius 1 is 1.04 bits per heavy atom. The van der Waals surface area contributed by atoms with Gasteiger partial charge in [-0.1, -0.05) is 31.5 Å². The number of fused-ring (bicyclic) bond motifs is 1. The molecule has 0 bridgehead atoms. The summed E-state index contributed by atoms with van der Waals surface area (Å²) in [6.45, 7) is 4.45. The summed E-state index contributed by atoms with van der Waals surface area (Å²) in [5, 5.41) is 0.986. The van der Waals surface area contributed by atoms with Gasteiger partial charge in [0, 0.05) is 22.6 Å². The van der Waals surface area contributed by atoms with Crippen molar-refractivity contribution < 1.29 is 13.9 Å². The molecule has 4 nitrogen and oxygen atoms in total. The Morgan fingerprint density at radius 3 is 2.62 bits per heavy atom. The highest BCUT2D eigenvalue weighted by Crippen LogP contribution is 2.30. The van der Waals surface area contributed by atoms with Crippen LogP contribution in [-0.4, -0.2) is 7.11 Å². The molecule has 3 aromatic rings. The van der Waals surface area contributed by atoms with E-state index in [0.29, 0.717) is 17.9 Å². The zero-order valence-corrected chi connectivity index (χ0v) is 15.5. The minimum atomic E-state index is -0.311. The Morgan fingerprint density at radius 2 is 1.85 bits per heavy atom. The lowest BCUT2D eigenvalue weighted by Gasteiger charge is -2.13. The summed E-state index contributed by atoms with van der Waals surface area (Å²) < 4.78 is 16.8. The first-order chi connectivity index (χ1) is 12.6. The summed E-state index contributed by atoms with van der Waals surface area (Å²) in [4.78, 5) is 12.0. The van der Waals surface area contributed by atoms with Gasteiger partial charge in [0.1, 0.15) is 23.7 Å². The number of hydrogen-bond donors (Lipinski definition) is 0. The van der Waals surface area contributed by atoms with Gasteiger partial charge >= 0.3 is 5.63 Å². The second-order valence-corrected chi connectivity index (χ2v) is 6.36. The van der Waals surface area contributed by atoms with Crippen molar-refractivity contribution in [3.63, 3.8) is 0 Å². The number of hydrogen-bond acceptors (Lipinski definition) is 4. The smallest absolute Gasteiger partial charge is 0.336 e. The van der Waals surface area contributed by atoms with Crippen LogP contribution in [0.15, 0.2) is 51.7 Å². The predicted molar refractivity (Wildman–Crippen MR) is 103 cm³/mol. The van der Waals surface area contributed by atoms with Gasteiger partial charge in [-0.05, 0) is 43.5 Å². The summed E-state index contributed by atoms with van der Waals surface area (Å²) in [7, 11) is 1.65. The number of methoxy groups -OCH3 is 1.